The van der Waals surface area contributed by atoms with E-state index in [1.165, 1.54) is 19.3 Å². The molecule has 3 aromatic rings. The highest BCUT2D eigenvalue weighted by atomic mass is 79.9. The number of hydrogen-bond donors (Lipinski definition) is 2. The lowest BCUT2D eigenvalue weighted by molar-refractivity contribution is 0.462. The number of benzene rings is 1. The molecule has 0 amide bonds. The standard InChI is InChI=1S/C18H20BrN5O2S/c19-15-11-20-24-17(22-13-6-8-14(9-7-13)27(25)26)10-16(23-18(15)24)21-12-4-2-1-3-5-12/h6-12,22H,1-5H2,(H,21,23)(H,25,26)/p-1. The molecule has 27 heavy (non-hydrogen) atoms. The molecule has 0 spiro atoms. The molecule has 2 N–H and O–H groups in total. The molecule has 7 nitrogen and oxygen atoms in total. The molecule has 1 aromatic carbocycles. The summed E-state index contributed by atoms with van der Waals surface area (Å²) in [5, 5.41) is 11.2. The smallest absolute Gasteiger partial charge is 0.173 e. The SMILES string of the molecule is O=S([O-])c1ccc(Nc2cc(NC3CCCCC3)nc3c(Br)cnn23)cc1. The Morgan fingerprint density at radius 1 is 1.19 bits per heavy atom. The summed E-state index contributed by atoms with van der Waals surface area (Å²) in [6, 6.07) is 8.94. The van der Waals surface area contributed by atoms with Crippen LogP contribution in [0.4, 0.5) is 17.3 Å². The number of nitrogens with zero attached hydrogens (tertiary/aromatic N) is 3. The summed E-state index contributed by atoms with van der Waals surface area (Å²) in [4.78, 5) is 4.94. The fourth-order valence-corrected chi connectivity index (χ4v) is 4.06. The van der Waals surface area contributed by atoms with Gasteiger partial charge in [-0.05, 0) is 64.1 Å². The van der Waals surface area contributed by atoms with Crippen molar-refractivity contribution in [1.82, 2.24) is 14.6 Å². The van der Waals surface area contributed by atoms with E-state index in [0.29, 0.717) is 6.04 Å². The van der Waals surface area contributed by atoms with Crippen LogP contribution < -0.4 is 10.6 Å². The highest BCUT2D eigenvalue weighted by Crippen LogP contribution is 2.27. The van der Waals surface area contributed by atoms with E-state index < -0.39 is 11.1 Å². The van der Waals surface area contributed by atoms with Crippen molar-refractivity contribution < 1.29 is 8.76 Å². The van der Waals surface area contributed by atoms with Crippen LogP contribution in [0.25, 0.3) is 5.65 Å². The average Bonchev–Trinajstić information content (AvgIpc) is 3.04. The van der Waals surface area contributed by atoms with Crippen LogP contribution >= 0.6 is 15.9 Å². The first-order valence-electron chi connectivity index (χ1n) is 8.87. The van der Waals surface area contributed by atoms with E-state index in [0.717, 1.165) is 40.3 Å². The third-order valence-corrected chi connectivity index (χ3v) is 5.92. The van der Waals surface area contributed by atoms with Gasteiger partial charge in [0.25, 0.3) is 0 Å². The van der Waals surface area contributed by atoms with Crippen LogP contribution in [0.2, 0.25) is 0 Å². The summed E-state index contributed by atoms with van der Waals surface area (Å²) >= 11 is 1.27. The molecule has 142 valence electrons. The number of nitrogens with one attached hydrogen (secondary N) is 2. The number of anilines is 3. The molecule has 1 aliphatic rings. The van der Waals surface area contributed by atoms with Crippen molar-refractivity contribution in [1.29, 1.82) is 0 Å². The maximum atomic E-state index is 11.0. The van der Waals surface area contributed by atoms with Gasteiger partial charge in [0.05, 0.1) is 10.7 Å². The minimum atomic E-state index is -2.23. The molecule has 1 fully saturated rings. The fourth-order valence-electron chi connectivity index (χ4n) is 3.35. The van der Waals surface area contributed by atoms with E-state index in [9.17, 15) is 8.76 Å². The Labute approximate surface area is 168 Å². The van der Waals surface area contributed by atoms with Gasteiger partial charge in [0.2, 0.25) is 0 Å². The highest BCUT2D eigenvalue weighted by Gasteiger charge is 2.16. The monoisotopic (exact) mass is 448 g/mol. The minimum Gasteiger partial charge on any atom is -0.768 e. The van der Waals surface area contributed by atoms with Gasteiger partial charge in [0, 0.05) is 22.7 Å². The van der Waals surface area contributed by atoms with E-state index >= 15 is 0 Å². The lowest BCUT2D eigenvalue weighted by Gasteiger charge is -2.23. The molecule has 2 heterocycles. The maximum Gasteiger partial charge on any atom is 0.173 e. The van der Waals surface area contributed by atoms with Crippen molar-refractivity contribution in [3.8, 4) is 0 Å². The Kier molecular flexibility index (Phi) is 5.42. The van der Waals surface area contributed by atoms with Crippen LogP contribution in [0.5, 0.6) is 0 Å². The number of rotatable bonds is 5. The van der Waals surface area contributed by atoms with Gasteiger partial charge in [-0.3, -0.25) is 4.21 Å². The molecule has 4 rings (SSSR count). The third kappa shape index (κ3) is 4.15. The van der Waals surface area contributed by atoms with Gasteiger partial charge >= 0.3 is 0 Å². The van der Waals surface area contributed by atoms with Gasteiger partial charge in [-0.25, -0.2) is 4.98 Å². The normalized spacial score (nSPS) is 16.4. The maximum absolute atomic E-state index is 11.0. The van der Waals surface area contributed by atoms with Crippen LogP contribution in [0, 0.1) is 0 Å². The Morgan fingerprint density at radius 3 is 2.63 bits per heavy atom. The van der Waals surface area contributed by atoms with Crippen molar-refractivity contribution in [2.75, 3.05) is 10.6 Å². The van der Waals surface area contributed by atoms with Gasteiger partial charge in [0.15, 0.2) is 5.65 Å². The van der Waals surface area contributed by atoms with E-state index in [-0.39, 0.29) is 4.90 Å². The van der Waals surface area contributed by atoms with Crippen molar-refractivity contribution in [3.05, 3.63) is 41.0 Å². The Balaban J connectivity index is 1.64. The molecule has 2 aromatic heterocycles. The minimum absolute atomic E-state index is 0.252. The predicted molar refractivity (Wildman–Crippen MR) is 108 cm³/mol. The fraction of sp³-hybridized carbons (Fsp3) is 0.333. The van der Waals surface area contributed by atoms with Crippen molar-refractivity contribution >= 4 is 50.0 Å². The molecular weight excluding hydrogens is 430 g/mol. The van der Waals surface area contributed by atoms with Gasteiger partial charge in [-0.1, -0.05) is 19.3 Å². The second-order valence-electron chi connectivity index (χ2n) is 6.62. The summed E-state index contributed by atoms with van der Waals surface area (Å²) in [6.45, 7) is 0. The third-order valence-electron chi connectivity index (χ3n) is 4.71. The summed E-state index contributed by atoms with van der Waals surface area (Å²) in [6.07, 6.45) is 7.81. The van der Waals surface area contributed by atoms with Gasteiger partial charge in [-0.15, -0.1) is 0 Å². The largest absolute Gasteiger partial charge is 0.768 e. The van der Waals surface area contributed by atoms with Crippen molar-refractivity contribution in [3.63, 3.8) is 0 Å². The van der Waals surface area contributed by atoms with Crippen molar-refractivity contribution in [2.24, 2.45) is 0 Å². The molecule has 0 bridgehead atoms. The van der Waals surface area contributed by atoms with E-state index in [1.54, 1.807) is 35.0 Å². The molecule has 1 unspecified atom stereocenters. The van der Waals surface area contributed by atoms with Crippen LogP contribution in [0.15, 0.2) is 45.9 Å². The second-order valence-corrected chi connectivity index (χ2v) is 8.41. The van der Waals surface area contributed by atoms with Crippen LogP contribution in [0.3, 0.4) is 0 Å². The Morgan fingerprint density at radius 2 is 1.93 bits per heavy atom. The molecule has 0 aliphatic heterocycles. The summed E-state index contributed by atoms with van der Waals surface area (Å²) in [5.74, 6) is 1.55. The van der Waals surface area contributed by atoms with Crippen LogP contribution in [0.1, 0.15) is 32.1 Å². The Hall–Kier alpha value is -1.97. The quantitative estimate of drug-likeness (QED) is 0.567. The van der Waals surface area contributed by atoms with E-state index in [1.807, 2.05) is 6.07 Å². The summed E-state index contributed by atoms with van der Waals surface area (Å²) in [5.41, 5.74) is 1.49. The first-order chi connectivity index (χ1) is 13.1. The van der Waals surface area contributed by atoms with Gasteiger partial charge < -0.3 is 15.2 Å². The first kappa shape index (κ1) is 18.4. The summed E-state index contributed by atoms with van der Waals surface area (Å²) in [7, 11) is 0. The predicted octanol–water partition coefficient (Wildman–Crippen LogP) is 4.22. The summed E-state index contributed by atoms with van der Waals surface area (Å²) < 4.78 is 24.6. The lowest BCUT2D eigenvalue weighted by Crippen LogP contribution is -2.23. The van der Waals surface area contributed by atoms with E-state index in [2.05, 4.69) is 36.6 Å². The topological polar surface area (TPSA) is 94.4 Å². The molecule has 1 atom stereocenters. The van der Waals surface area contributed by atoms with Crippen LogP contribution in [-0.4, -0.2) is 29.4 Å². The number of aromatic nitrogens is 3. The molecular formula is C18H19BrN5O2S-. The average molecular weight is 449 g/mol. The highest BCUT2D eigenvalue weighted by molar-refractivity contribution is 9.10. The number of hydrogen-bond acceptors (Lipinski definition) is 6. The van der Waals surface area contributed by atoms with Gasteiger partial charge in [-0.2, -0.15) is 9.61 Å². The molecule has 1 aliphatic carbocycles. The zero-order valence-electron chi connectivity index (χ0n) is 14.5. The zero-order valence-corrected chi connectivity index (χ0v) is 16.9. The zero-order chi connectivity index (χ0) is 18.8. The Bertz CT molecular complexity index is 970. The molecule has 0 saturated heterocycles. The number of fused-ring (bicyclic) bond motifs is 1. The molecule has 0 radical (unpaired) electrons. The molecule has 1 saturated carbocycles. The number of halogens is 1. The van der Waals surface area contributed by atoms with Gasteiger partial charge in [0.1, 0.15) is 11.6 Å². The van der Waals surface area contributed by atoms with Crippen LogP contribution in [-0.2, 0) is 11.1 Å². The molecule has 9 heteroatoms. The second kappa shape index (κ2) is 7.95. The first-order valence-corrected chi connectivity index (χ1v) is 10.7. The van der Waals surface area contributed by atoms with Crippen molar-refractivity contribution in [2.45, 2.75) is 43.0 Å². The van der Waals surface area contributed by atoms with E-state index in [4.69, 9.17) is 0 Å². The lowest BCUT2D eigenvalue weighted by atomic mass is 9.95.